The second kappa shape index (κ2) is 26.6. The predicted molar refractivity (Wildman–Crippen MR) is 183 cm³/mol. The summed E-state index contributed by atoms with van der Waals surface area (Å²) in [6.45, 7) is 2.22. The van der Waals surface area contributed by atoms with Crippen molar-refractivity contribution >= 4 is 29.8 Å². The molecule has 0 bridgehead atoms. The van der Waals surface area contributed by atoms with E-state index >= 15 is 0 Å². The highest BCUT2D eigenvalue weighted by Gasteiger charge is 2.02. The number of carbonyl (C=O) groups excluding carboxylic acids is 1. The second-order valence-electron chi connectivity index (χ2n) is 8.77. The molecule has 5 rings (SSSR count). The van der Waals surface area contributed by atoms with Crippen molar-refractivity contribution in [2.45, 2.75) is 6.92 Å². The maximum absolute atomic E-state index is 11.0. The van der Waals surface area contributed by atoms with Crippen molar-refractivity contribution in [3.63, 3.8) is 0 Å². The van der Waals surface area contributed by atoms with Crippen LogP contribution in [0.1, 0.15) is 58.7 Å². The van der Waals surface area contributed by atoms with Crippen LogP contribution < -0.4 is 0 Å². The largest absolute Gasteiger partial charge is 0.478 e. The van der Waals surface area contributed by atoms with Crippen molar-refractivity contribution in [3.8, 4) is 0 Å². The summed E-state index contributed by atoms with van der Waals surface area (Å²) in [6.07, 6.45) is 0. The fourth-order valence-corrected chi connectivity index (χ4v) is 3.11. The number of aromatic carboxylic acids is 4. The average molecular weight is 675 g/mol. The zero-order valence-electron chi connectivity index (χ0n) is 26.4. The van der Waals surface area contributed by atoms with Crippen LogP contribution in [-0.2, 0) is 4.74 Å². The van der Waals surface area contributed by atoms with Gasteiger partial charge in [-0.05, 0) is 67.6 Å². The van der Waals surface area contributed by atoms with Crippen molar-refractivity contribution in [1.82, 2.24) is 0 Å². The number of carbonyl (C=O) groups is 5. The minimum absolute atomic E-state index is 0. The fraction of sp³-hybridized carbons (Fsp3) is 0.0541. The quantitative estimate of drug-likeness (QED) is 0.159. The molecule has 0 aliphatic heterocycles. The van der Waals surface area contributed by atoms with Gasteiger partial charge in [-0.15, -0.1) is 0 Å². The van der Waals surface area contributed by atoms with Crippen molar-refractivity contribution in [2.75, 3.05) is 6.61 Å². The molecule has 0 fully saturated rings. The molecule has 0 radical (unpaired) electrons. The summed E-state index contributed by atoms with van der Waals surface area (Å²) in [6, 6.07) is 42.1. The Kier molecular flexibility index (Phi) is 24.1. The van der Waals surface area contributed by atoms with Gasteiger partial charge in [0.15, 0.2) is 0 Å². The minimum atomic E-state index is -0.879. The lowest BCUT2D eigenvalue weighted by molar-refractivity contribution is 0.0524. The van der Waals surface area contributed by atoms with Crippen LogP contribution in [0.15, 0.2) is 152 Å². The molecule has 0 amide bonds. The Morgan fingerprint density at radius 1 is 0.388 bits per heavy atom. The van der Waals surface area contributed by atoms with Gasteiger partial charge in [-0.2, -0.15) is 0 Å². The zero-order chi connectivity index (χ0) is 34.9. The molecule has 8 N–H and O–H groups in total. The number of carboxylic acid groups (broad SMARTS) is 4. The third-order valence-corrected chi connectivity index (χ3v) is 5.37. The molecule has 5 aromatic carbocycles. The van der Waals surface area contributed by atoms with Gasteiger partial charge in [-0.3, -0.25) is 0 Å². The van der Waals surface area contributed by atoms with Gasteiger partial charge < -0.3 is 36.1 Å². The lowest BCUT2D eigenvalue weighted by Crippen LogP contribution is -2.03. The van der Waals surface area contributed by atoms with E-state index in [2.05, 4.69) is 0 Å². The van der Waals surface area contributed by atoms with Gasteiger partial charge in [0.1, 0.15) is 0 Å². The molecule has 12 nitrogen and oxygen atoms in total. The number of hydrogen-bond acceptors (Lipinski definition) is 6. The van der Waals surface area contributed by atoms with Crippen molar-refractivity contribution in [2.24, 2.45) is 0 Å². The number of benzene rings is 5. The van der Waals surface area contributed by atoms with Crippen molar-refractivity contribution in [3.05, 3.63) is 179 Å². The SMILES string of the molecule is CCOC(=O)c1ccccc1.O.O.O=C(O)c1ccccc1.O=C(O)c1ccccc1.O=C(O)c1ccccc1.O=C(O)c1ccccc1. The molecule has 12 heteroatoms. The second-order valence-corrected chi connectivity index (χ2v) is 8.77. The fourth-order valence-electron chi connectivity index (χ4n) is 3.11. The van der Waals surface area contributed by atoms with Crippen LogP contribution in [0.5, 0.6) is 0 Å². The van der Waals surface area contributed by atoms with E-state index in [-0.39, 0.29) is 16.9 Å². The number of rotatable bonds is 6. The summed E-state index contributed by atoms with van der Waals surface area (Å²) in [5.74, 6) is -3.77. The van der Waals surface area contributed by atoms with Crippen LogP contribution in [-0.4, -0.2) is 67.8 Å². The molecule has 258 valence electrons. The average Bonchev–Trinajstić information content (AvgIpc) is 3.11. The summed E-state index contributed by atoms with van der Waals surface area (Å²) in [7, 11) is 0. The van der Waals surface area contributed by atoms with E-state index in [1.165, 1.54) is 0 Å². The summed E-state index contributed by atoms with van der Waals surface area (Å²) in [4.78, 5) is 51.8. The van der Waals surface area contributed by atoms with Crippen molar-refractivity contribution < 1.29 is 60.1 Å². The Labute approximate surface area is 282 Å². The molecule has 0 heterocycles. The molecule has 0 unspecified atom stereocenters. The summed E-state index contributed by atoms with van der Waals surface area (Å²) < 4.78 is 4.79. The summed E-state index contributed by atoms with van der Waals surface area (Å²) in [5.41, 5.74) is 1.93. The van der Waals surface area contributed by atoms with Crippen LogP contribution >= 0.6 is 0 Å². The number of hydrogen-bond donors (Lipinski definition) is 4. The normalized spacial score (nSPS) is 8.59. The maximum Gasteiger partial charge on any atom is 0.338 e. The first-order chi connectivity index (χ1) is 22.6. The van der Waals surface area contributed by atoms with Crippen molar-refractivity contribution in [1.29, 1.82) is 0 Å². The van der Waals surface area contributed by atoms with E-state index in [1.807, 2.05) is 18.2 Å². The highest BCUT2D eigenvalue weighted by Crippen LogP contribution is 2.01. The molecule has 0 aliphatic carbocycles. The van der Waals surface area contributed by atoms with Crippen LogP contribution in [0.2, 0.25) is 0 Å². The molecule has 0 aromatic heterocycles. The van der Waals surface area contributed by atoms with Gasteiger partial charge in [0.25, 0.3) is 0 Å². The van der Waals surface area contributed by atoms with Crippen LogP contribution in [0, 0.1) is 0 Å². The van der Waals surface area contributed by atoms with E-state index in [0.717, 1.165) is 0 Å². The number of esters is 1. The molecule has 0 saturated heterocycles. The third-order valence-electron chi connectivity index (χ3n) is 5.37. The van der Waals surface area contributed by atoms with Gasteiger partial charge in [-0.25, -0.2) is 24.0 Å². The smallest absolute Gasteiger partial charge is 0.338 e. The molecule has 0 aliphatic rings. The van der Waals surface area contributed by atoms with E-state index in [4.69, 9.17) is 25.2 Å². The van der Waals surface area contributed by atoms with E-state index < -0.39 is 23.9 Å². The van der Waals surface area contributed by atoms with Crippen LogP contribution in [0.3, 0.4) is 0 Å². The summed E-state index contributed by atoms with van der Waals surface area (Å²) >= 11 is 0. The van der Waals surface area contributed by atoms with Gasteiger partial charge in [0.05, 0.1) is 34.4 Å². The molecular formula is C37H38O12. The predicted octanol–water partition coefficient (Wildman–Crippen LogP) is 5.75. The standard InChI is InChI=1S/C9H10O2.4C7H6O2.2H2O/c1-2-11-9(10)8-6-4-3-5-7-8;4*8-7(9)6-4-2-1-3-5-6;;/h3-7H,2H2,1H3;4*1-5H,(H,8,9);2*1H2. The number of ether oxygens (including phenoxy) is 1. The van der Waals surface area contributed by atoms with Gasteiger partial charge in [0.2, 0.25) is 0 Å². The Bertz CT molecular complexity index is 1430. The molecular weight excluding hydrogens is 636 g/mol. The Balaban J connectivity index is 0. The van der Waals surface area contributed by atoms with Crippen LogP contribution in [0.4, 0.5) is 0 Å². The monoisotopic (exact) mass is 674 g/mol. The Hall–Kier alpha value is -6.63. The van der Waals surface area contributed by atoms with Crippen LogP contribution in [0.25, 0.3) is 0 Å². The number of carboxylic acids is 4. The first-order valence-corrected chi connectivity index (χ1v) is 13.9. The maximum atomic E-state index is 11.0. The highest BCUT2D eigenvalue weighted by molar-refractivity contribution is 5.89. The highest BCUT2D eigenvalue weighted by atomic mass is 16.5. The third kappa shape index (κ3) is 20.2. The zero-order valence-corrected chi connectivity index (χ0v) is 26.4. The summed E-state index contributed by atoms with van der Waals surface area (Å²) in [5, 5.41) is 33.5. The van der Waals surface area contributed by atoms with Gasteiger partial charge in [-0.1, -0.05) is 91.0 Å². The first kappa shape index (κ1) is 44.5. The van der Waals surface area contributed by atoms with Gasteiger partial charge >= 0.3 is 29.8 Å². The van der Waals surface area contributed by atoms with Gasteiger partial charge in [0, 0.05) is 0 Å². The molecule has 49 heavy (non-hydrogen) atoms. The lowest BCUT2D eigenvalue weighted by Gasteiger charge is -1.99. The first-order valence-electron chi connectivity index (χ1n) is 13.9. The lowest BCUT2D eigenvalue weighted by atomic mass is 10.2. The van der Waals surface area contributed by atoms with E-state index in [9.17, 15) is 24.0 Å². The topological polar surface area (TPSA) is 238 Å². The van der Waals surface area contributed by atoms with E-state index in [0.29, 0.717) is 34.4 Å². The van der Waals surface area contributed by atoms with E-state index in [1.54, 1.807) is 140 Å². The Morgan fingerprint density at radius 3 is 0.714 bits per heavy atom. The minimum Gasteiger partial charge on any atom is -0.478 e. The molecule has 5 aromatic rings. The molecule has 0 saturated carbocycles. The molecule has 0 atom stereocenters. The molecule has 0 spiro atoms. The Morgan fingerprint density at radius 2 is 0.571 bits per heavy atom.